The number of ether oxygens (including phenoxy) is 1. The molecule has 3 aromatic rings. The zero-order valence-corrected chi connectivity index (χ0v) is 17.1. The highest BCUT2D eigenvalue weighted by Gasteiger charge is 2.30. The number of nitrogens with zero attached hydrogens (tertiary/aromatic N) is 3. The molecule has 31 heavy (non-hydrogen) atoms. The first kappa shape index (κ1) is 22.1. The Morgan fingerprint density at radius 1 is 1.13 bits per heavy atom. The average molecular weight is 432 g/mol. The van der Waals surface area contributed by atoms with Crippen molar-refractivity contribution in [3.05, 3.63) is 65.5 Å². The Morgan fingerprint density at radius 2 is 1.90 bits per heavy atom. The fourth-order valence-corrected chi connectivity index (χ4v) is 2.77. The lowest BCUT2D eigenvalue weighted by Gasteiger charge is -2.11. The van der Waals surface area contributed by atoms with Gasteiger partial charge >= 0.3 is 6.18 Å². The molecule has 3 rings (SSSR count). The molecule has 0 atom stereocenters. The van der Waals surface area contributed by atoms with Crippen molar-refractivity contribution in [1.29, 1.82) is 0 Å². The number of methoxy groups -OCH3 is 1. The molecule has 1 aromatic heterocycles. The van der Waals surface area contributed by atoms with Gasteiger partial charge in [0.25, 0.3) is 0 Å². The van der Waals surface area contributed by atoms with Crippen LogP contribution in [0.15, 0.2) is 53.5 Å². The molecular weight excluding hydrogens is 409 g/mol. The van der Waals surface area contributed by atoms with Crippen LogP contribution in [0, 0.1) is 0 Å². The summed E-state index contributed by atoms with van der Waals surface area (Å²) in [6, 6.07) is 12.5. The summed E-state index contributed by atoms with van der Waals surface area (Å²) in [5.41, 5.74) is 0.618. The van der Waals surface area contributed by atoms with Gasteiger partial charge in [0, 0.05) is 12.1 Å². The SMILES string of the molecule is CCNC(=NCc1cccc(C(F)(F)F)c1)NCc1nc(-c2ccc(OC)cc2)n[nH]1. The molecule has 7 nitrogen and oxygen atoms in total. The van der Waals surface area contributed by atoms with Crippen LogP contribution < -0.4 is 15.4 Å². The van der Waals surface area contributed by atoms with E-state index in [0.29, 0.717) is 36.3 Å². The van der Waals surface area contributed by atoms with Crippen molar-refractivity contribution in [1.82, 2.24) is 25.8 Å². The van der Waals surface area contributed by atoms with Crippen LogP contribution in [0.5, 0.6) is 5.75 Å². The standard InChI is InChI=1S/C21H23F3N6O/c1-3-25-20(26-12-14-5-4-6-16(11-14)21(22,23)24)27-13-18-28-19(30-29-18)15-7-9-17(31-2)10-8-15/h4-11H,3,12-13H2,1-2H3,(H2,25,26,27)(H,28,29,30). The van der Waals surface area contributed by atoms with Gasteiger partial charge in [-0.2, -0.15) is 18.3 Å². The summed E-state index contributed by atoms with van der Waals surface area (Å²) in [5, 5.41) is 13.2. The van der Waals surface area contributed by atoms with E-state index in [0.717, 1.165) is 23.4 Å². The number of aliphatic imine (C=N–C) groups is 1. The highest BCUT2D eigenvalue weighted by Crippen LogP contribution is 2.29. The van der Waals surface area contributed by atoms with Gasteiger partial charge in [-0.1, -0.05) is 12.1 Å². The van der Waals surface area contributed by atoms with Gasteiger partial charge in [-0.15, -0.1) is 0 Å². The molecule has 3 N–H and O–H groups in total. The first-order chi connectivity index (χ1) is 14.9. The molecule has 0 saturated carbocycles. The maximum Gasteiger partial charge on any atom is 0.416 e. The minimum Gasteiger partial charge on any atom is -0.497 e. The van der Waals surface area contributed by atoms with E-state index in [4.69, 9.17) is 4.74 Å². The lowest BCUT2D eigenvalue weighted by Crippen LogP contribution is -2.37. The number of halogens is 3. The Kier molecular flexibility index (Phi) is 7.11. The monoisotopic (exact) mass is 432 g/mol. The number of guanidine groups is 1. The predicted molar refractivity (Wildman–Crippen MR) is 111 cm³/mol. The lowest BCUT2D eigenvalue weighted by atomic mass is 10.1. The highest BCUT2D eigenvalue weighted by atomic mass is 19.4. The Hall–Kier alpha value is -3.56. The Bertz CT molecular complexity index is 1010. The van der Waals surface area contributed by atoms with Crippen molar-refractivity contribution in [2.45, 2.75) is 26.2 Å². The summed E-state index contributed by atoms with van der Waals surface area (Å²) in [6.45, 7) is 2.92. The zero-order chi connectivity index (χ0) is 22.3. The molecule has 0 aliphatic rings. The van der Waals surface area contributed by atoms with E-state index >= 15 is 0 Å². The molecule has 10 heteroatoms. The number of rotatable bonds is 7. The topological polar surface area (TPSA) is 87.2 Å². The maximum absolute atomic E-state index is 12.9. The smallest absolute Gasteiger partial charge is 0.416 e. The number of alkyl halides is 3. The molecule has 0 aliphatic heterocycles. The van der Waals surface area contributed by atoms with Crippen LogP contribution in [0.4, 0.5) is 13.2 Å². The molecule has 0 amide bonds. The average Bonchev–Trinajstić information content (AvgIpc) is 3.24. The number of aromatic nitrogens is 3. The second kappa shape index (κ2) is 9.96. The Balaban J connectivity index is 1.63. The number of aromatic amines is 1. The van der Waals surface area contributed by atoms with Crippen molar-refractivity contribution >= 4 is 5.96 Å². The van der Waals surface area contributed by atoms with Crippen LogP contribution in [0.25, 0.3) is 11.4 Å². The van der Waals surface area contributed by atoms with Gasteiger partial charge < -0.3 is 15.4 Å². The van der Waals surface area contributed by atoms with Gasteiger partial charge in [0.2, 0.25) is 0 Å². The van der Waals surface area contributed by atoms with Crippen molar-refractivity contribution in [3.8, 4) is 17.1 Å². The molecule has 0 bridgehead atoms. The summed E-state index contributed by atoms with van der Waals surface area (Å²) in [6.07, 6.45) is -4.38. The largest absolute Gasteiger partial charge is 0.497 e. The third kappa shape index (κ3) is 6.21. The maximum atomic E-state index is 12.9. The van der Waals surface area contributed by atoms with Crippen LogP contribution >= 0.6 is 0 Å². The van der Waals surface area contributed by atoms with E-state index in [1.807, 2.05) is 31.2 Å². The van der Waals surface area contributed by atoms with Gasteiger partial charge in [-0.05, 0) is 48.9 Å². The third-order valence-electron chi connectivity index (χ3n) is 4.32. The van der Waals surface area contributed by atoms with Gasteiger partial charge in [-0.25, -0.2) is 9.98 Å². The molecule has 0 unspecified atom stereocenters. The Morgan fingerprint density at radius 3 is 2.58 bits per heavy atom. The fraction of sp³-hybridized carbons (Fsp3) is 0.286. The van der Waals surface area contributed by atoms with Gasteiger partial charge in [0.05, 0.1) is 25.8 Å². The van der Waals surface area contributed by atoms with Crippen molar-refractivity contribution in [2.24, 2.45) is 4.99 Å². The molecular formula is C21H23F3N6O. The molecule has 0 radical (unpaired) electrons. The highest BCUT2D eigenvalue weighted by molar-refractivity contribution is 5.79. The first-order valence-electron chi connectivity index (χ1n) is 9.63. The molecule has 0 fully saturated rings. The minimum atomic E-state index is -4.38. The van der Waals surface area contributed by atoms with Gasteiger partial charge in [-0.3, -0.25) is 5.10 Å². The molecule has 0 saturated heterocycles. The van der Waals surface area contributed by atoms with Crippen LogP contribution in [0.1, 0.15) is 23.9 Å². The predicted octanol–water partition coefficient (Wildman–Crippen LogP) is 3.75. The summed E-state index contributed by atoms with van der Waals surface area (Å²) in [5.74, 6) is 2.34. The molecule has 0 aliphatic carbocycles. The normalized spacial score (nSPS) is 12.0. The lowest BCUT2D eigenvalue weighted by molar-refractivity contribution is -0.137. The number of nitrogens with one attached hydrogen (secondary N) is 3. The van der Waals surface area contributed by atoms with E-state index in [9.17, 15) is 13.2 Å². The van der Waals surface area contributed by atoms with Gasteiger partial charge in [0.1, 0.15) is 11.6 Å². The number of hydrogen-bond acceptors (Lipinski definition) is 4. The van der Waals surface area contributed by atoms with Crippen LogP contribution in [0.3, 0.4) is 0 Å². The summed E-state index contributed by atoms with van der Waals surface area (Å²) in [7, 11) is 1.60. The van der Waals surface area contributed by atoms with E-state index in [1.54, 1.807) is 13.2 Å². The number of benzene rings is 2. The quantitative estimate of drug-likeness (QED) is 0.391. The zero-order valence-electron chi connectivity index (χ0n) is 17.1. The fourth-order valence-electron chi connectivity index (χ4n) is 2.77. The molecule has 1 heterocycles. The van der Waals surface area contributed by atoms with E-state index < -0.39 is 11.7 Å². The molecule has 164 valence electrons. The minimum absolute atomic E-state index is 0.104. The molecule has 0 spiro atoms. The summed E-state index contributed by atoms with van der Waals surface area (Å²) < 4.78 is 43.8. The van der Waals surface area contributed by atoms with Gasteiger partial charge in [0.15, 0.2) is 11.8 Å². The number of hydrogen-bond donors (Lipinski definition) is 3. The third-order valence-corrected chi connectivity index (χ3v) is 4.32. The van der Waals surface area contributed by atoms with Crippen molar-refractivity contribution < 1.29 is 17.9 Å². The summed E-state index contributed by atoms with van der Waals surface area (Å²) in [4.78, 5) is 8.80. The van der Waals surface area contributed by atoms with E-state index in [2.05, 4.69) is 30.8 Å². The molecule has 2 aromatic carbocycles. The second-order valence-electron chi connectivity index (χ2n) is 6.58. The van der Waals surface area contributed by atoms with E-state index in [-0.39, 0.29) is 6.54 Å². The van der Waals surface area contributed by atoms with Crippen LogP contribution in [0.2, 0.25) is 0 Å². The van der Waals surface area contributed by atoms with Crippen LogP contribution in [-0.2, 0) is 19.3 Å². The summed E-state index contributed by atoms with van der Waals surface area (Å²) >= 11 is 0. The Labute approximate surface area is 177 Å². The second-order valence-corrected chi connectivity index (χ2v) is 6.58. The van der Waals surface area contributed by atoms with Crippen LogP contribution in [-0.4, -0.2) is 34.8 Å². The number of H-pyrrole nitrogens is 1. The van der Waals surface area contributed by atoms with Crippen molar-refractivity contribution in [3.63, 3.8) is 0 Å². The first-order valence-corrected chi connectivity index (χ1v) is 9.63. The van der Waals surface area contributed by atoms with E-state index in [1.165, 1.54) is 6.07 Å². The van der Waals surface area contributed by atoms with Crippen molar-refractivity contribution in [2.75, 3.05) is 13.7 Å².